The molecule has 0 spiro atoms. The Morgan fingerprint density at radius 1 is 1.39 bits per heavy atom. The van der Waals surface area contributed by atoms with E-state index in [1.165, 1.54) is 6.42 Å². The Labute approximate surface area is 108 Å². The molecule has 18 heavy (non-hydrogen) atoms. The molecule has 0 aliphatic carbocycles. The number of nitrogens with one attached hydrogen (secondary N) is 2. The van der Waals surface area contributed by atoms with Gasteiger partial charge in [-0.3, -0.25) is 4.79 Å². The first kappa shape index (κ1) is 12.8. The molecule has 3 nitrogen and oxygen atoms in total. The first-order valence-corrected chi connectivity index (χ1v) is 6.56. The van der Waals surface area contributed by atoms with E-state index < -0.39 is 0 Å². The summed E-state index contributed by atoms with van der Waals surface area (Å²) in [5, 5.41) is 6.26. The molecule has 96 valence electrons. The van der Waals surface area contributed by atoms with Crippen molar-refractivity contribution in [1.29, 1.82) is 0 Å². The number of amides is 1. The normalized spacial score (nSPS) is 19.2. The van der Waals surface area contributed by atoms with Gasteiger partial charge in [0.25, 0.3) is 0 Å². The van der Waals surface area contributed by atoms with Crippen molar-refractivity contribution < 1.29 is 4.79 Å². The van der Waals surface area contributed by atoms with Crippen LogP contribution in [0.25, 0.3) is 6.08 Å². The molecule has 1 amide bonds. The van der Waals surface area contributed by atoms with Gasteiger partial charge in [-0.25, -0.2) is 0 Å². The van der Waals surface area contributed by atoms with Gasteiger partial charge < -0.3 is 10.6 Å². The van der Waals surface area contributed by atoms with Gasteiger partial charge in [0, 0.05) is 12.6 Å². The van der Waals surface area contributed by atoms with Crippen LogP contribution in [0.1, 0.15) is 18.4 Å². The second-order valence-electron chi connectivity index (χ2n) is 4.68. The molecule has 1 saturated heterocycles. The van der Waals surface area contributed by atoms with E-state index in [0.29, 0.717) is 0 Å². The number of rotatable bonds is 5. The average molecular weight is 244 g/mol. The molecule has 3 heteroatoms. The monoisotopic (exact) mass is 244 g/mol. The predicted molar refractivity (Wildman–Crippen MR) is 74.1 cm³/mol. The van der Waals surface area contributed by atoms with E-state index in [9.17, 15) is 4.79 Å². The summed E-state index contributed by atoms with van der Waals surface area (Å²) in [6, 6.07) is 9.85. The molecule has 1 unspecified atom stereocenters. The Bertz CT molecular complexity index is 394. The number of benzene rings is 1. The molecule has 1 fully saturated rings. The van der Waals surface area contributed by atoms with Crippen molar-refractivity contribution >= 4 is 12.0 Å². The largest absolute Gasteiger partial charge is 0.353 e. The van der Waals surface area contributed by atoms with Gasteiger partial charge in [0.15, 0.2) is 0 Å². The zero-order chi connectivity index (χ0) is 12.6. The zero-order valence-corrected chi connectivity index (χ0v) is 10.6. The van der Waals surface area contributed by atoms with Crippen LogP contribution in [0.3, 0.4) is 0 Å². The van der Waals surface area contributed by atoms with Crippen molar-refractivity contribution in [2.45, 2.75) is 12.8 Å². The standard InChI is InChI=1S/C15H20N2O/c18-15(7-6-13-4-2-1-3-5-13)17-11-9-14-8-10-16-12-14/h1-7,14,16H,8-12H2,(H,17,18). The van der Waals surface area contributed by atoms with Crippen LogP contribution in [0.2, 0.25) is 0 Å². The van der Waals surface area contributed by atoms with E-state index in [-0.39, 0.29) is 5.91 Å². The van der Waals surface area contributed by atoms with Gasteiger partial charge in [-0.1, -0.05) is 30.3 Å². The summed E-state index contributed by atoms with van der Waals surface area (Å²) in [5.41, 5.74) is 1.05. The average Bonchev–Trinajstić information content (AvgIpc) is 2.91. The summed E-state index contributed by atoms with van der Waals surface area (Å²) in [7, 11) is 0. The van der Waals surface area contributed by atoms with Gasteiger partial charge in [0.1, 0.15) is 0 Å². The molecule has 1 atom stereocenters. The summed E-state index contributed by atoms with van der Waals surface area (Å²) in [6.07, 6.45) is 5.74. The number of hydrogen-bond acceptors (Lipinski definition) is 2. The molecule has 0 aromatic heterocycles. The van der Waals surface area contributed by atoms with Gasteiger partial charge in [-0.15, -0.1) is 0 Å². The molecular formula is C15H20N2O. The van der Waals surface area contributed by atoms with Gasteiger partial charge in [0.05, 0.1) is 0 Å². The Hall–Kier alpha value is -1.61. The van der Waals surface area contributed by atoms with Crippen molar-refractivity contribution in [2.75, 3.05) is 19.6 Å². The predicted octanol–water partition coefficient (Wildman–Crippen LogP) is 1.82. The maximum atomic E-state index is 11.6. The Kier molecular flexibility index (Phi) is 4.97. The molecule has 1 aromatic carbocycles. The molecule has 1 heterocycles. The lowest BCUT2D eigenvalue weighted by atomic mass is 10.1. The molecule has 0 bridgehead atoms. The van der Waals surface area contributed by atoms with Crippen LogP contribution >= 0.6 is 0 Å². The van der Waals surface area contributed by atoms with E-state index in [2.05, 4.69) is 10.6 Å². The van der Waals surface area contributed by atoms with Crippen molar-refractivity contribution in [2.24, 2.45) is 5.92 Å². The SMILES string of the molecule is O=C(C=Cc1ccccc1)NCCC1CCNC1. The van der Waals surface area contributed by atoms with Crippen LogP contribution in [0.4, 0.5) is 0 Å². The van der Waals surface area contributed by atoms with Crippen LogP contribution in [0, 0.1) is 5.92 Å². The van der Waals surface area contributed by atoms with E-state index in [0.717, 1.165) is 37.5 Å². The molecule has 1 aliphatic rings. The van der Waals surface area contributed by atoms with E-state index in [1.54, 1.807) is 6.08 Å². The van der Waals surface area contributed by atoms with E-state index >= 15 is 0 Å². The van der Waals surface area contributed by atoms with Crippen LogP contribution in [-0.2, 0) is 4.79 Å². The fraction of sp³-hybridized carbons (Fsp3) is 0.400. The van der Waals surface area contributed by atoms with Gasteiger partial charge in [0.2, 0.25) is 5.91 Å². The van der Waals surface area contributed by atoms with Crippen molar-refractivity contribution in [3.8, 4) is 0 Å². The Morgan fingerprint density at radius 3 is 2.94 bits per heavy atom. The maximum Gasteiger partial charge on any atom is 0.243 e. The van der Waals surface area contributed by atoms with Gasteiger partial charge in [-0.2, -0.15) is 0 Å². The fourth-order valence-corrected chi connectivity index (χ4v) is 2.16. The molecule has 1 aliphatic heterocycles. The second kappa shape index (κ2) is 6.97. The third kappa shape index (κ3) is 4.34. The van der Waals surface area contributed by atoms with Crippen molar-refractivity contribution in [3.63, 3.8) is 0 Å². The number of hydrogen-bond donors (Lipinski definition) is 2. The maximum absolute atomic E-state index is 11.6. The van der Waals surface area contributed by atoms with Crippen molar-refractivity contribution in [1.82, 2.24) is 10.6 Å². The van der Waals surface area contributed by atoms with Gasteiger partial charge in [-0.05, 0) is 43.5 Å². The third-order valence-electron chi connectivity index (χ3n) is 3.24. The summed E-state index contributed by atoms with van der Waals surface area (Å²) in [5.74, 6) is 0.716. The quantitative estimate of drug-likeness (QED) is 0.776. The number of carbonyl (C=O) groups is 1. The summed E-state index contributed by atoms with van der Waals surface area (Å²) < 4.78 is 0. The van der Waals surface area contributed by atoms with Crippen LogP contribution < -0.4 is 10.6 Å². The lowest BCUT2D eigenvalue weighted by Gasteiger charge is -2.07. The minimum atomic E-state index is -0.00944. The first-order valence-electron chi connectivity index (χ1n) is 6.56. The Morgan fingerprint density at radius 2 is 2.22 bits per heavy atom. The van der Waals surface area contributed by atoms with Crippen LogP contribution in [0.15, 0.2) is 36.4 Å². The zero-order valence-electron chi connectivity index (χ0n) is 10.6. The van der Waals surface area contributed by atoms with Crippen LogP contribution in [0.5, 0.6) is 0 Å². The molecule has 1 aromatic rings. The lowest BCUT2D eigenvalue weighted by molar-refractivity contribution is -0.116. The molecule has 0 saturated carbocycles. The minimum Gasteiger partial charge on any atom is -0.353 e. The topological polar surface area (TPSA) is 41.1 Å². The molecule has 2 N–H and O–H groups in total. The lowest BCUT2D eigenvalue weighted by Crippen LogP contribution is -2.24. The highest BCUT2D eigenvalue weighted by Gasteiger charge is 2.13. The van der Waals surface area contributed by atoms with Crippen LogP contribution in [-0.4, -0.2) is 25.5 Å². The number of carbonyl (C=O) groups excluding carboxylic acids is 1. The van der Waals surface area contributed by atoms with Gasteiger partial charge >= 0.3 is 0 Å². The highest BCUT2D eigenvalue weighted by atomic mass is 16.1. The first-order chi connectivity index (χ1) is 8.84. The third-order valence-corrected chi connectivity index (χ3v) is 3.24. The summed E-state index contributed by atoms with van der Waals surface area (Å²) >= 11 is 0. The van der Waals surface area contributed by atoms with E-state index in [1.807, 2.05) is 36.4 Å². The highest BCUT2D eigenvalue weighted by molar-refractivity contribution is 5.91. The summed E-state index contributed by atoms with van der Waals surface area (Å²) in [6.45, 7) is 2.98. The van der Waals surface area contributed by atoms with Crippen molar-refractivity contribution in [3.05, 3.63) is 42.0 Å². The fourth-order valence-electron chi connectivity index (χ4n) is 2.16. The molecular weight excluding hydrogens is 224 g/mol. The highest BCUT2D eigenvalue weighted by Crippen LogP contribution is 2.10. The molecule has 2 rings (SSSR count). The second-order valence-corrected chi connectivity index (χ2v) is 4.68. The minimum absolute atomic E-state index is 0.00944. The summed E-state index contributed by atoms with van der Waals surface area (Å²) in [4.78, 5) is 11.6. The smallest absolute Gasteiger partial charge is 0.243 e. The Balaban J connectivity index is 1.67. The molecule has 0 radical (unpaired) electrons. The van der Waals surface area contributed by atoms with E-state index in [4.69, 9.17) is 0 Å².